The third kappa shape index (κ3) is 5.01. The van der Waals surface area contributed by atoms with E-state index in [1.807, 2.05) is 60.7 Å². The van der Waals surface area contributed by atoms with Gasteiger partial charge in [-0.25, -0.2) is 18.6 Å². The van der Waals surface area contributed by atoms with Crippen LogP contribution in [0.15, 0.2) is 95.9 Å². The molecule has 192 valence electrons. The Hall–Kier alpha value is -4.49. The molecule has 0 aliphatic carbocycles. The van der Waals surface area contributed by atoms with Crippen molar-refractivity contribution in [3.63, 3.8) is 0 Å². The summed E-state index contributed by atoms with van der Waals surface area (Å²) in [5, 5.41) is 10.1. The molecule has 1 aliphatic heterocycles. The van der Waals surface area contributed by atoms with E-state index in [0.717, 1.165) is 40.1 Å². The number of carboxylic acids is 1. The van der Waals surface area contributed by atoms with E-state index < -0.39 is 17.6 Å². The maximum Gasteiger partial charge on any atom is 0.336 e. The van der Waals surface area contributed by atoms with Crippen LogP contribution >= 0.6 is 11.8 Å². The van der Waals surface area contributed by atoms with Gasteiger partial charge in [0.1, 0.15) is 12.4 Å². The Morgan fingerprint density at radius 3 is 2.56 bits per heavy atom. The summed E-state index contributed by atoms with van der Waals surface area (Å²) in [6.07, 6.45) is 3.72. The number of aromatic carboxylic acids is 1. The van der Waals surface area contributed by atoms with E-state index in [0.29, 0.717) is 28.1 Å². The van der Waals surface area contributed by atoms with E-state index in [2.05, 4.69) is 11.1 Å². The predicted molar refractivity (Wildman–Crippen MR) is 149 cm³/mol. The van der Waals surface area contributed by atoms with Gasteiger partial charge >= 0.3 is 5.97 Å². The second-order valence-corrected chi connectivity index (χ2v) is 10.3. The number of benzene rings is 4. The maximum absolute atomic E-state index is 13.7. The van der Waals surface area contributed by atoms with Crippen molar-refractivity contribution in [1.29, 1.82) is 0 Å². The van der Waals surface area contributed by atoms with Gasteiger partial charge in [0.15, 0.2) is 11.6 Å². The van der Waals surface area contributed by atoms with Crippen molar-refractivity contribution in [2.24, 2.45) is 0 Å². The first-order valence-electron chi connectivity index (χ1n) is 12.2. The second-order valence-electron chi connectivity index (χ2n) is 9.11. The van der Waals surface area contributed by atoms with Gasteiger partial charge in [0.25, 0.3) is 0 Å². The van der Waals surface area contributed by atoms with E-state index in [1.165, 1.54) is 11.8 Å². The molecule has 0 saturated carbocycles. The molecule has 39 heavy (non-hydrogen) atoms. The first kappa shape index (κ1) is 24.8. The SMILES string of the molecule is O=C(O)c1ccccc1SC1c2ccccc2COc2ccc(/C=C/c3ccc4cc(F)c(F)cc4n3)cc21. The lowest BCUT2D eigenvalue weighted by atomic mass is 9.98. The zero-order valence-electron chi connectivity index (χ0n) is 20.5. The molecule has 4 aromatic carbocycles. The molecule has 0 bridgehead atoms. The molecule has 0 saturated heterocycles. The number of pyridine rings is 1. The summed E-state index contributed by atoms with van der Waals surface area (Å²) in [5.41, 5.74) is 5.15. The third-order valence-corrected chi connectivity index (χ3v) is 7.95. The molecule has 4 nitrogen and oxygen atoms in total. The van der Waals surface area contributed by atoms with Gasteiger partial charge in [-0.05, 0) is 59.2 Å². The van der Waals surface area contributed by atoms with E-state index in [9.17, 15) is 18.7 Å². The predicted octanol–water partition coefficient (Wildman–Crippen LogP) is 8.16. The highest BCUT2D eigenvalue weighted by Crippen LogP contribution is 2.48. The topological polar surface area (TPSA) is 59.4 Å². The summed E-state index contributed by atoms with van der Waals surface area (Å²) in [5.74, 6) is -2.08. The Balaban J connectivity index is 1.39. The molecule has 0 spiro atoms. The normalized spacial score (nSPS) is 14.5. The lowest BCUT2D eigenvalue weighted by Gasteiger charge is -2.20. The van der Waals surface area contributed by atoms with Crippen molar-refractivity contribution in [3.8, 4) is 5.75 Å². The van der Waals surface area contributed by atoms with Crippen LogP contribution in [0.4, 0.5) is 8.78 Å². The van der Waals surface area contributed by atoms with Crippen molar-refractivity contribution in [3.05, 3.63) is 136 Å². The lowest BCUT2D eigenvalue weighted by Crippen LogP contribution is -2.03. The van der Waals surface area contributed by atoms with Crippen molar-refractivity contribution < 1.29 is 23.4 Å². The van der Waals surface area contributed by atoms with Crippen LogP contribution < -0.4 is 4.74 Å². The van der Waals surface area contributed by atoms with E-state index in [4.69, 9.17) is 4.74 Å². The number of rotatable bonds is 5. The van der Waals surface area contributed by atoms with E-state index in [1.54, 1.807) is 24.3 Å². The Bertz CT molecular complexity index is 1770. The summed E-state index contributed by atoms with van der Waals surface area (Å²) < 4.78 is 33.4. The summed E-state index contributed by atoms with van der Waals surface area (Å²) in [6, 6.07) is 26.6. The number of hydrogen-bond acceptors (Lipinski definition) is 4. The number of halogens is 2. The average molecular weight is 538 g/mol. The Morgan fingerprint density at radius 1 is 0.897 bits per heavy atom. The van der Waals surface area contributed by atoms with Gasteiger partial charge in [-0.15, -0.1) is 11.8 Å². The highest BCUT2D eigenvalue weighted by atomic mass is 32.2. The first-order chi connectivity index (χ1) is 19.0. The molecular weight excluding hydrogens is 516 g/mol. The summed E-state index contributed by atoms with van der Waals surface area (Å²) in [6.45, 7) is 0.411. The number of carbonyl (C=O) groups is 1. The standard InChI is InChI=1S/C32H21F2NO3S/c33-26-16-20-11-13-22(35-28(20)17-27(26)34)12-9-19-10-14-29-25(15-19)31(23-6-2-1-5-21(23)18-38-29)39-30-8-4-3-7-24(30)32(36)37/h1-17,31H,18H2,(H,36,37)/b12-9+. The minimum absolute atomic E-state index is 0.204. The van der Waals surface area contributed by atoms with Gasteiger partial charge in [0, 0.05) is 21.9 Å². The molecule has 0 radical (unpaired) electrons. The minimum Gasteiger partial charge on any atom is -0.489 e. The van der Waals surface area contributed by atoms with Gasteiger partial charge in [-0.3, -0.25) is 0 Å². The zero-order chi connectivity index (χ0) is 26.9. The van der Waals surface area contributed by atoms with E-state index in [-0.39, 0.29) is 10.8 Å². The molecule has 2 heterocycles. The number of fused-ring (bicyclic) bond motifs is 3. The number of aromatic nitrogens is 1. The maximum atomic E-state index is 13.7. The highest BCUT2D eigenvalue weighted by Gasteiger charge is 2.27. The van der Waals surface area contributed by atoms with Crippen LogP contribution in [0.2, 0.25) is 0 Å². The quantitative estimate of drug-likeness (QED) is 0.245. The highest BCUT2D eigenvalue weighted by molar-refractivity contribution is 7.99. The molecule has 0 fully saturated rings. The zero-order valence-corrected chi connectivity index (χ0v) is 21.3. The van der Waals surface area contributed by atoms with Crippen LogP contribution in [-0.4, -0.2) is 16.1 Å². The lowest BCUT2D eigenvalue weighted by molar-refractivity contribution is 0.0693. The molecule has 1 aromatic heterocycles. The fraction of sp³-hybridized carbons (Fsp3) is 0.0625. The number of carboxylic acid groups (broad SMARTS) is 1. The Kier molecular flexibility index (Phi) is 6.59. The van der Waals surface area contributed by atoms with Crippen LogP contribution in [0.25, 0.3) is 23.1 Å². The van der Waals surface area contributed by atoms with Crippen LogP contribution in [-0.2, 0) is 6.61 Å². The third-order valence-electron chi connectivity index (χ3n) is 6.60. The van der Waals surface area contributed by atoms with Gasteiger partial charge in [-0.2, -0.15) is 0 Å². The monoisotopic (exact) mass is 537 g/mol. The summed E-state index contributed by atoms with van der Waals surface area (Å²) in [4.78, 5) is 17.0. The van der Waals surface area contributed by atoms with Gasteiger partial charge in [-0.1, -0.05) is 54.6 Å². The van der Waals surface area contributed by atoms with Gasteiger partial charge < -0.3 is 9.84 Å². The molecule has 1 unspecified atom stereocenters. The molecule has 1 atom stereocenters. The first-order valence-corrected chi connectivity index (χ1v) is 13.1. The largest absolute Gasteiger partial charge is 0.489 e. The van der Waals surface area contributed by atoms with Crippen molar-refractivity contribution in [2.75, 3.05) is 0 Å². The van der Waals surface area contributed by atoms with Crippen LogP contribution in [0.1, 0.15) is 43.6 Å². The Labute approximate surface area is 227 Å². The molecule has 7 heteroatoms. The molecule has 1 aliphatic rings. The average Bonchev–Trinajstić information content (AvgIpc) is 3.09. The molecule has 5 aromatic rings. The van der Waals surface area contributed by atoms with Crippen LogP contribution in [0.5, 0.6) is 5.75 Å². The number of thioether (sulfide) groups is 1. The number of nitrogens with zero attached hydrogens (tertiary/aromatic N) is 1. The summed E-state index contributed by atoms with van der Waals surface area (Å²) >= 11 is 1.48. The Morgan fingerprint density at radius 2 is 1.69 bits per heavy atom. The van der Waals surface area contributed by atoms with Gasteiger partial charge in [0.05, 0.1) is 22.0 Å². The summed E-state index contributed by atoms with van der Waals surface area (Å²) in [7, 11) is 0. The second kappa shape index (κ2) is 10.3. The molecule has 6 rings (SSSR count). The molecule has 1 N–H and O–H groups in total. The van der Waals surface area contributed by atoms with Crippen LogP contribution in [0.3, 0.4) is 0 Å². The fourth-order valence-corrected chi connectivity index (χ4v) is 6.02. The van der Waals surface area contributed by atoms with Crippen molar-refractivity contribution in [1.82, 2.24) is 4.98 Å². The van der Waals surface area contributed by atoms with Crippen LogP contribution in [0, 0.1) is 11.6 Å². The minimum atomic E-state index is -0.973. The molecular formula is C32H21F2NO3S. The number of hydrogen-bond donors (Lipinski definition) is 1. The van der Waals surface area contributed by atoms with E-state index >= 15 is 0 Å². The molecule has 0 amide bonds. The van der Waals surface area contributed by atoms with Gasteiger partial charge in [0.2, 0.25) is 0 Å². The fourth-order valence-electron chi connectivity index (χ4n) is 4.66. The smallest absolute Gasteiger partial charge is 0.336 e. The van der Waals surface area contributed by atoms with Crippen molar-refractivity contribution in [2.45, 2.75) is 16.8 Å². The van der Waals surface area contributed by atoms with Crippen molar-refractivity contribution >= 4 is 40.8 Å². The number of ether oxygens (including phenoxy) is 1.